The fourth-order valence-corrected chi connectivity index (χ4v) is 4.54. The van der Waals surface area contributed by atoms with E-state index in [0.29, 0.717) is 23.0 Å². The molecule has 2 heterocycles. The zero-order valence-corrected chi connectivity index (χ0v) is 18.0. The molecule has 0 spiro atoms. The number of thioether (sulfide) groups is 1. The van der Waals surface area contributed by atoms with Crippen molar-refractivity contribution in [2.45, 2.75) is 32.3 Å². The maximum absolute atomic E-state index is 12.4. The number of nitrogens with zero attached hydrogens (tertiary/aromatic N) is 2. The Morgan fingerprint density at radius 2 is 1.80 bits per heavy atom. The first-order valence-electron chi connectivity index (χ1n) is 10.4. The average Bonchev–Trinajstić information content (AvgIpc) is 2.96. The third-order valence-corrected chi connectivity index (χ3v) is 6.25. The lowest BCUT2D eigenvalue weighted by Gasteiger charge is -2.20. The Bertz CT molecular complexity index is 948. The highest BCUT2D eigenvalue weighted by Crippen LogP contribution is 2.34. The molecule has 1 saturated heterocycles. The highest BCUT2D eigenvalue weighted by Gasteiger charge is 2.26. The lowest BCUT2D eigenvalue weighted by atomic mass is 10.2. The van der Waals surface area contributed by atoms with Gasteiger partial charge in [-0.25, -0.2) is 0 Å². The Morgan fingerprint density at radius 3 is 2.53 bits per heavy atom. The molecule has 0 atom stereocenters. The molecule has 5 nitrogen and oxygen atoms in total. The number of likely N-dealkylation sites (tertiary alicyclic amines) is 1. The van der Waals surface area contributed by atoms with Crippen LogP contribution in [0.2, 0.25) is 0 Å². The van der Waals surface area contributed by atoms with Crippen molar-refractivity contribution in [2.24, 2.45) is 4.99 Å². The number of amides is 1. The molecule has 30 heavy (non-hydrogen) atoms. The maximum Gasteiger partial charge on any atom is 0.286 e. The minimum atomic E-state index is -0.164. The summed E-state index contributed by atoms with van der Waals surface area (Å²) >= 11 is 1.47. The molecular weight excluding hydrogens is 396 g/mol. The predicted octanol–water partition coefficient (Wildman–Crippen LogP) is 5.12. The molecule has 4 rings (SSSR count). The van der Waals surface area contributed by atoms with Crippen LogP contribution in [0.3, 0.4) is 0 Å². The van der Waals surface area contributed by atoms with Crippen molar-refractivity contribution in [3.8, 4) is 11.5 Å². The molecule has 6 heteroatoms. The summed E-state index contributed by atoms with van der Waals surface area (Å²) in [6, 6.07) is 15.7. The SMILES string of the molecule is COc1cc(C=C2SC(N3CCCCCC3)=NC2=O)ccc1OCc1ccccc1. The van der Waals surface area contributed by atoms with E-state index in [2.05, 4.69) is 9.89 Å². The number of ether oxygens (including phenoxy) is 2. The molecule has 0 N–H and O–H groups in total. The van der Waals surface area contributed by atoms with Gasteiger partial charge in [-0.2, -0.15) is 4.99 Å². The summed E-state index contributed by atoms with van der Waals surface area (Å²) in [5.41, 5.74) is 1.99. The molecule has 2 aliphatic rings. The van der Waals surface area contributed by atoms with Gasteiger partial charge < -0.3 is 14.4 Å². The van der Waals surface area contributed by atoms with Crippen molar-refractivity contribution in [1.82, 2.24) is 4.90 Å². The normalized spacial score (nSPS) is 18.3. The van der Waals surface area contributed by atoms with E-state index in [0.717, 1.165) is 42.2 Å². The van der Waals surface area contributed by atoms with Crippen LogP contribution in [0.1, 0.15) is 36.8 Å². The average molecular weight is 423 g/mol. The quantitative estimate of drug-likeness (QED) is 0.626. The van der Waals surface area contributed by atoms with Gasteiger partial charge >= 0.3 is 0 Å². The fourth-order valence-electron chi connectivity index (χ4n) is 3.58. The molecule has 156 valence electrons. The first kappa shape index (κ1) is 20.5. The van der Waals surface area contributed by atoms with E-state index in [-0.39, 0.29) is 5.91 Å². The van der Waals surface area contributed by atoms with Crippen LogP contribution in [0.25, 0.3) is 6.08 Å². The van der Waals surface area contributed by atoms with E-state index >= 15 is 0 Å². The van der Waals surface area contributed by atoms with E-state index in [1.54, 1.807) is 7.11 Å². The Kier molecular flexibility index (Phi) is 6.74. The van der Waals surface area contributed by atoms with Gasteiger partial charge in [0.05, 0.1) is 12.0 Å². The highest BCUT2D eigenvalue weighted by atomic mass is 32.2. The summed E-state index contributed by atoms with van der Waals surface area (Å²) in [7, 11) is 1.62. The molecule has 0 aliphatic carbocycles. The maximum atomic E-state index is 12.4. The molecule has 1 fully saturated rings. The largest absolute Gasteiger partial charge is 0.493 e. The second-order valence-corrected chi connectivity index (χ2v) is 8.41. The number of hydrogen-bond donors (Lipinski definition) is 0. The zero-order chi connectivity index (χ0) is 20.8. The third kappa shape index (κ3) is 5.05. The minimum absolute atomic E-state index is 0.164. The Morgan fingerprint density at radius 1 is 1.03 bits per heavy atom. The molecule has 0 radical (unpaired) electrons. The van der Waals surface area contributed by atoms with Crippen LogP contribution in [0.5, 0.6) is 11.5 Å². The van der Waals surface area contributed by atoms with Crippen LogP contribution in [0, 0.1) is 0 Å². The topological polar surface area (TPSA) is 51.1 Å². The number of aliphatic imine (C=N–C) groups is 1. The number of rotatable bonds is 5. The summed E-state index contributed by atoms with van der Waals surface area (Å²) in [6.07, 6.45) is 6.71. The van der Waals surface area contributed by atoms with E-state index in [1.165, 1.54) is 24.6 Å². The van der Waals surface area contributed by atoms with Gasteiger partial charge in [0, 0.05) is 13.1 Å². The molecule has 1 amide bonds. The molecule has 0 aromatic heterocycles. The summed E-state index contributed by atoms with van der Waals surface area (Å²) in [5, 5.41) is 0.836. The molecule has 2 aromatic rings. The van der Waals surface area contributed by atoms with E-state index < -0.39 is 0 Å². The first-order chi connectivity index (χ1) is 14.7. The number of methoxy groups -OCH3 is 1. The second-order valence-electron chi connectivity index (χ2n) is 7.40. The number of hydrogen-bond acceptors (Lipinski definition) is 5. The molecule has 0 saturated carbocycles. The van der Waals surface area contributed by atoms with Crippen LogP contribution in [0.4, 0.5) is 0 Å². The number of amidine groups is 1. The van der Waals surface area contributed by atoms with Gasteiger partial charge in [-0.05, 0) is 53.9 Å². The van der Waals surface area contributed by atoms with Crippen molar-refractivity contribution in [1.29, 1.82) is 0 Å². The van der Waals surface area contributed by atoms with Gasteiger partial charge in [0.2, 0.25) is 0 Å². The lowest BCUT2D eigenvalue weighted by molar-refractivity contribution is -0.113. The minimum Gasteiger partial charge on any atom is -0.493 e. The summed E-state index contributed by atoms with van der Waals surface area (Å²) in [5.74, 6) is 1.16. The van der Waals surface area contributed by atoms with Crippen LogP contribution < -0.4 is 9.47 Å². The summed E-state index contributed by atoms with van der Waals surface area (Å²) in [4.78, 5) is 19.6. The van der Waals surface area contributed by atoms with Crippen LogP contribution in [-0.4, -0.2) is 36.2 Å². The van der Waals surface area contributed by atoms with Gasteiger partial charge in [-0.15, -0.1) is 0 Å². The monoisotopic (exact) mass is 422 g/mol. The number of benzene rings is 2. The predicted molar refractivity (Wildman–Crippen MR) is 122 cm³/mol. The van der Waals surface area contributed by atoms with Gasteiger partial charge in [-0.3, -0.25) is 4.79 Å². The van der Waals surface area contributed by atoms with Gasteiger partial charge in [0.1, 0.15) is 6.61 Å². The van der Waals surface area contributed by atoms with Crippen LogP contribution >= 0.6 is 11.8 Å². The van der Waals surface area contributed by atoms with Crippen molar-refractivity contribution in [3.05, 3.63) is 64.6 Å². The second kappa shape index (κ2) is 9.85. The molecule has 0 unspecified atom stereocenters. The first-order valence-corrected chi connectivity index (χ1v) is 11.2. The Hall–Kier alpha value is -2.73. The standard InChI is InChI=1S/C24H26N2O3S/c1-28-21-15-19(11-12-20(21)29-17-18-9-5-4-6-10-18)16-22-23(27)25-24(30-22)26-13-7-2-3-8-14-26/h4-6,9-12,15-16H,2-3,7-8,13-14,17H2,1H3. The van der Waals surface area contributed by atoms with Gasteiger partial charge in [-0.1, -0.05) is 49.2 Å². The van der Waals surface area contributed by atoms with Crippen LogP contribution in [0.15, 0.2) is 58.4 Å². The van der Waals surface area contributed by atoms with Crippen molar-refractivity contribution in [2.75, 3.05) is 20.2 Å². The third-order valence-electron chi connectivity index (χ3n) is 5.21. The van der Waals surface area contributed by atoms with E-state index in [9.17, 15) is 4.79 Å². The Balaban J connectivity index is 1.45. The smallest absolute Gasteiger partial charge is 0.286 e. The highest BCUT2D eigenvalue weighted by molar-refractivity contribution is 8.18. The number of carbonyl (C=O) groups is 1. The van der Waals surface area contributed by atoms with E-state index in [1.807, 2.05) is 54.6 Å². The summed E-state index contributed by atoms with van der Waals surface area (Å²) < 4.78 is 11.4. The van der Waals surface area contributed by atoms with Crippen LogP contribution in [-0.2, 0) is 11.4 Å². The fraction of sp³-hybridized carbons (Fsp3) is 0.333. The molecule has 2 aliphatic heterocycles. The Labute approximate surface area is 181 Å². The van der Waals surface area contributed by atoms with Gasteiger partial charge in [0.25, 0.3) is 5.91 Å². The van der Waals surface area contributed by atoms with Crippen molar-refractivity contribution >= 4 is 28.9 Å². The molecular formula is C24H26N2O3S. The van der Waals surface area contributed by atoms with Crippen molar-refractivity contribution in [3.63, 3.8) is 0 Å². The van der Waals surface area contributed by atoms with Gasteiger partial charge in [0.15, 0.2) is 16.7 Å². The lowest BCUT2D eigenvalue weighted by Crippen LogP contribution is -2.28. The van der Waals surface area contributed by atoms with Crippen molar-refractivity contribution < 1.29 is 14.3 Å². The van der Waals surface area contributed by atoms with E-state index in [4.69, 9.17) is 9.47 Å². The molecule has 2 aromatic carbocycles. The summed E-state index contributed by atoms with van der Waals surface area (Å²) in [6.45, 7) is 2.43. The molecule has 0 bridgehead atoms. The number of carbonyl (C=O) groups excluding carboxylic acids is 1. The zero-order valence-electron chi connectivity index (χ0n) is 17.2.